The van der Waals surface area contributed by atoms with Gasteiger partial charge in [-0.3, -0.25) is 4.79 Å². The van der Waals surface area contributed by atoms with E-state index in [1.807, 2.05) is 0 Å². The highest BCUT2D eigenvalue weighted by Gasteiger charge is 2.07. The maximum Gasteiger partial charge on any atom is 0.230 e. The Bertz CT molecular complexity index is 729. The van der Waals surface area contributed by atoms with Crippen molar-refractivity contribution in [1.82, 2.24) is 5.32 Å². The maximum atomic E-state index is 12.1. The topological polar surface area (TPSA) is 33.5 Å². The van der Waals surface area contributed by atoms with Crippen molar-refractivity contribution in [3.8, 4) is 0 Å². The quantitative estimate of drug-likeness (QED) is 0.673. The molecule has 0 bridgehead atoms. The van der Waals surface area contributed by atoms with Gasteiger partial charge in [-0.1, -0.05) is 40.2 Å². The second-order valence-corrected chi connectivity index (χ2v) is 8.50. The number of thioether (sulfide) groups is 1. The third-order valence-corrected chi connectivity index (χ3v) is 5.90. The van der Waals surface area contributed by atoms with Crippen molar-refractivity contribution in [2.75, 3.05) is 19.8 Å². The van der Waals surface area contributed by atoms with Gasteiger partial charge in [0.15, 0.2) is 0 Å². The molecule has 134 valence electrons. The Morgan fingerprint density at radius 1 is 1.08 bits per heavy atom. The molecule has 1 amide bonds. The summed E-state index contributed by atoms with van der Waals surface area (Å²) in [6.45, 7) is 5.72. The van der Waals surface area contributed by atoms with E-state index in [1.165, 1.54) is 21.6 Å². The fourth-order valence-corrected chi connectivity index (χ4v) is 3.88. The van der Waals surface area contributed by atoms with E-state index < -0.39 is 0 Å². The lowest BCUT2D eigenvalue weighted by atomic mass is 10.1. The number of hydrogen-bond donors (Lipinski definition) is 2. The maximum absolute atomic E-state index is 12.1. The van der Waals surface area contributed by atoms with Gasteiger partial charge in [-0.05, 0) is 42.7 Å². The number of quaternary nitrogens is 1. The molecule has 0 aliphatic rings. The molecular weight excluding hydrogens is 396 g/mol. The minimum Gasteiger partial charge on any atom is -0.351 e. The first kappa shape index (κ1) is 20.0. The molecule has 2 rings (SSSR count). The van der Waals surface area contributed by atoms with Crippen molar-refractivity contribution in [3.05, 3.63) is 63.1 Å². The van der Waals surface area contributed by atoms with E-state index in [0.29, 0.717) is 12.3 Å². The van der Waals surface area contributed by atoms with Gasteiger partial charge in [0.05, 0.1) is 19.8 Å². The highest BCUT2D eigenvalue weighted by molar-refractivity contribution is 9.10. The molecule has 2 aromatic rings. The Labute approximate surface area is 163 Å². The van der Waals surface area contributed by atoms with Crippen molar-refractivity contribution in [2.45, 2.75) is 31.8 Å². The second-order valence-electron chi connectivity index (χ2n) is 6.63. The minimum atomic E-state index is 0.0618. The lowest BCUT2D eigenvalue weighted by Gasteiger charge is -2.10. The number of rotatable bonds is 7. The molecule has 0 heterocycles. The first-order valence-corrected chi connectivity index (χ1v) is 10.2. The minimum absolute atomic E-state index is 0.0618. The zero-order valence-corrected chi connectivity index (χ0v) is 17.7. The van der Waals surface area contributed by atoms with Gasteiger partial charge < -0.3 is 10.2 Å². The van der Waals surface area contributed by atoms with E-state index in [0.717, 1.165) is 21.5 Å². The number of aryl methyl sites for hydroxylation is 2. The van der Waals surface area contributed by atoms with Gasteiger partial charge in [-0.15, -0.1) is 11.8 Å². The molecule has 25 heavy (non-hydrogen) atoms. The van der Waals surface area contributed by atoms with E-state index in [1.54, 1.807) is 11.8 Å². The van der Waals surface area contributed by atoms with Crippen LogP contribution in [-0.4, -0.2) is 25.8 Å². The van der Waals surface area contributed by atoms with E-state index in [2.05, 4.69) is 85.6 Å². The molecule has 0 atom stereocenters. The van der Waals surface area contributed by atoms with Crippen LogP contribution < -0.4 is 10.2 Å². The summed E-state index contributed by atoms with van der Waals surface area (Å²) in [7, 11) is 4.28. The number of hydrogen-bond acceptors (Lipinski definition) is 2. The average molecular weight is 422 g/mol. The van der Waals surface area contributed by atoms with Crippen molar-refractivity contribution < 1.29 is 9.69 Å². The number of amides is 1. The van der Waals surface area contributed by atoms with Gasteiger partial charge in [0.25, 0.3) is 0 Å². The SMILES string of the molecule is Cc1cc(SCC(=O)NCc2ccc(C[NH+](C)C)cc2)c(C)cc1Br. The van der Waals surface area contributed by atoms with Crippen molar-refractivity contribution in [2.24, 2.45) is 0 Å². The molecule has 0 saturated carbocycles. The molecule has 0 aliphatic heterocycles. The molecule has 0 spiro atoms. The summed E-state index contributed by atoms with van der Waals surface area (Å²) >= 11 is 5.13. The second kappa shape index (κ2) is 9.41. The summed E-state index contributed by atoms with van der Waals surface area (Å²) < 4.78 is 1.11. The van der Waals surface area contributed by atoms with Crippen LogP contribution in [0.4, 0.5) is 0 Å². The fourth-order valence-electron chi connectivity index (χ4n) is 2.49. The molecular formula is C20H26BrN2OS+. The van der Waals surface area contributed by atoms with Crippen LogP contribution >= 0.6 is 27.7 Å². The van der Waals surface area contributed by atoms with E-state index in [9.17, 15) is 4.79 Å². The number of carbonyl (C=O) groups excluding carboxylic acids is 1. The molecule has 2 N–H and O–H groups in total. The van der Waals surface area contributed by atoms with Crippen LogP contribution in [0.25, 0.3) is 0 Å². The number of halogens is 1. The van der Waals surface area contributed by atoms with Gasteiger partial charge in [0, 0.05) is 21.5 Å². The van der Waals surface area contributed by atoms with E-state index in [-0.39, 0.29) is 5.91 Å². The fraction of sp³-hybridized carbons (Fsp3) is 0.350. The molecule has 0 saturated heterocycles. The molecule has 3 nitrogen and oxygen atoms in total. The summed E-state index contributed by atoms with van der Waals surface area (Å²) in [5, 5.41) is 3.00. The Hall–Kier alpha value is -1.30. The summed E-state index contributed by atoms with van der Waals surface area (Å²) in [5.74, 6) is 0.496. The largest absolute Gasteiger partial charge is 0.351 e. The van der Waals surface area contributed by atoms with E-state index >= 15 is 0 Å². The Morgan fingerprint density at radius 2 is 1.72 bits per heavy atom. The lowest BCUT2D eigenvalue weighted by Crippen LogP contribution is -3.04. The van der Waals surface area contributed by atoms with Crippen LogP contribution in [0.3, 0.4) is 0 Å². The van der Waals surface area contributed by atoms with Crippen LogP contribution in [-0.2, 0) is 17.9 Å². The third kappa shape index (κ3) is 6.49. The van der Waals surface area contributed by atoms with Crippen molar-refractivity contribution in [1.29, 1.82) is 0 Å². The molecule has 0 aromatic heterocycles. The predicted molar refractivity (Wildman–Crippen MR) is 109 cm³/mol. The van der Waals surface area contributed by atoms with Crippen LogP contribution in [0.1, 0.15) is 22.3 Å². The first-order valence-electron chi connectivity index (χ1n) is 8.38. The smallest absolute Gasteiger partial charge is 0.230 e. The third-order valence-electron chi connectivity index (χ3n) is 3.89. The van der Waals surface area contributed by atoms with Gasteiger partial charge in [0.1, 0.15) is 6.54 Å². The standard InChI is InChI=1S/C20H25BrN2OS/c1-14-10-19(15(2)9-18(14)21)25-13-20(24)22-11-16-5-7-17(8-6-16)12-23(3)4/h5-10H,11-13H2,1-4H3,(H,22,24)/p+1. The van der Waals surface area contributed by atoms with Gasteiger partial charge in [-0.25, -0.2) is 0 Å². The van der Waals surface area contributed by atoms with Gasteiger partial charge >= 0.3 is 0 Å². The van der Waals surface area contributed by atoms with E-state index in [4.69, 9.17) is 0 Å². The van der Waals surface area contributed by atoms with Crippen molar-refractivity contribution in [3.63, 3.8) is 0 Å². The normalized spacial score (nSPS) is 11.0. The van der Waals surface area contributed by atoms with Crippen LogP contribution in [0.15, 0.2) is 45.8 Å². The molecule has 2 aromatic carbocycles. The predicted octanol–water partition coefficient (Wildman–Crippen LogP) is 3.12. The summed E-state index contributed by atoms with van der Waals surface area (Å²) in [4.78, 5) is 14.7. The highest BCUT2D eigenvalue weighted by Crippen LogP contribution is 2.28. The van der Waals surface area contributed by atoms with Crippen LogP contribution in [0, 0.1) is 13.8 Å². The lowest BCUT2D eigenvalue weighted by molar-refractivity contribution is -0.872. The van der Waals surface area contributed by atoms with Gasteiger partial charge in [-0.2, -0.15) is 0 Å². The first-order chi connectivity index (χ1) is 11.8. The molecule has 0 unspecified atom stereocenters. The zero-order chi connectivity index (χ0) is 18.4. The number of carbonyl (C=O) groups is 1. The van der Waals surface area contributed by atoms with Crippen LogP contribution in [0.5, 0.6) is 0 Å². The Kier molecular flexibility index (Phi) is 7.54. The molecule has 0 fully saturated rings. The molecule has 0 aliphatic carbocycles. The summed E-state index contributed by atoms with van der Waals surface area (Å²) in [5.41, 5.74) is 4.82. The summed E-state index contributed by atoms with van der Waals surface area (Å²) in [6, 6.07) is 12.7. The number of nitrogens with one attached hydrogen (secondary N) is 2. The number of benzene rings is 2. The van der Waals surface area contributed by atoms with Crippen molar-refractivity contribution >= 4 is 33.6 Å². The molecule has 5 heteroatoms. The average Bonchev–Trinajstić information content (AvgIpc) is 2.56. The van der Waals surface area contributed by atoms with Crippen LogP contribution in [0.2, 0.25) is 0 Å². The molecule has 0 radical (unpaired) electrons. The zero-order valence-electron chi connectivity index (χ0n) is 15.3. The van der Waals surface area contributed by atoms with Gasteiger partial charge in [0.2, 0.25) is 5.91 Å². The Morgan fingerprint density at radius 3 is 2.36 bits per heavy atom. The monoisotopic (exact) mass is 421 g/mol. The highest BCUT2D eigenvalue weighted by atomic mass is 79.9. The summed E-state index contributed by atoms with van der Waals surface area (Å²) in [6.07, 6.45) is 0. The Balaban J connectivity index is 1.82.